The van der Waals surface area contributed by atoms with E-state index in [4.69, 9.17) is 5.73 Å². The second kappa shape index (κ2) is 6.17. The number of fused-ring (bicyclic) bond motifs is 1. The first-order chi connectivity index (χ1) is 11.8. The summed E-state index contributed by atoms with van der Waals surface area (Å²) in [5, 5.41) is 23.6. The molecule has 1 atom stereocenters. The van der Waals surface area contributed by atoms with Gasteiger partial charge in [0.05, 0.1) is 13.3 Å². The van der Waals surface area contributed by atoms with E-state index in [1.54, 1.807) is 18.2 Å². The Morgan fingerprint density at radius 1 is 1.40 bits per heavy atom. The quantitative estimate of drug-likeness (QED) is 0.290. The van der Waals surface area contributed by atoms with Crippen molar-refractivity contribution in [2.45, 2.75) is 13.5 Å². The van der Waals surface area contributed by atoms with Gasteiger partial charge in [0, 0.05) is 22.7 Å². The summed E-state index contributed by atoms with van der Waals surface area (Å²) in [6.07, 6.45) is 1.27. The third kappa shape index (κ3) is 3.31. The second-order valence-electron chi connectivity index (χ2n) is 5.85. The molecule has 0 radical (unpaired) electrons. The van der Waals surface area contributed by atoms with E-state index in [2.05, 4.69) is 14.7 Å². The SMILES string of the molecule is COC(=O)c1cc2cc([N+]([O-])(O)Cc3cc(N)ccc3C)cnc2[nH]1. The molecule has 0 spiro atoms. The predicted molar refractivity (Wildman–Crippen MR) is 93.7 cm³/mol. The number of nitrogen functional groups attached to an aromatic ring is 1. The fourth-order valence-corrected chi connectivity index (χ4v) is 2.60. The maximum atomic E-state index is 12.7. The fraction of sp³-hybridized carbons (Fsp3) is 0.176. The van der Waals surface area contributed by atoms with Crippen molar-refractivity contribution in [1.82, 2.24) is 14.8 Å². The number of hydrogen-bond acceptors (Lipinski definition) is 6. The van der Waals surface area contributed by atoms with Gasteiger partial charge in [-0.15, -0.1) is 0 Å². The maximum Gasteiger partial charge on any atom is 0.354 e. The van der Waals surface area contributed by atoms with Crippen LogP contribution in [0.1, 0.15) is 21.6 Å². The minimum atomic E-state index is -1.63. The van der Waals surface area contributed by atoms with Gasteiger partial charge in [0.1, 0.15) is 17.9 Å². The van der Waals surface area contributed by atoms with Crippen LogP contribution in [0.15, 0.2) is 36.5 Å². The van der Waals surface area contributed by atoms with Crippen molar-refractivity contribution in [3.63, 3.8) is 0 Å². The van der Waals surface area contributed by atoms with Crippen LogP contribution in [0.25, 0.3) is 11.0 Å². The van der Waals surface area contributed by atoms with Gasteiger partial charge in [0.15, 0.2) is 5.69 Å². The van der Waals surface area contributed by atoms with Crippen LogP contribution in [-0.2, 0) is 11.3 Å². The highest BCUT2D eigenvalue weighted by Crippen LogP contribution is 2.27. The number of nitrogens with one attached hydrogen (secondary N) is 1. The largest absolute Gasteiger partial charge is 0.593 e. The lowest BCUT2D eigenvalue weighted by Crippen LogP contribution is -2.38. The Balaban J connectivity index is 1.96. The molecular weight excluding hydrogens is 324 g/mol. The van der Waals surface area contributed by atoms with Crippen LogP contribution in [0, 0.1) is 12.1 Å². The molecule has 8 nitrogen and oxygen atoms in total. The standard InChI is InChI=1S/C17H18N4O4/c1-10-3-4-13(18)5-12(10)9-21(23,24)14-6-11-7-15(17(22)25-2)20-16(11)19-8-14/h3-8,23H,9,18H2,1-2H3,(H,19,20). The average Bonchev–Trinajstić information content (AvgIpc) is 3.00. The molecule has 8 heteroatoms. The van der Waals surface area contributed by atoms with Gasteiger partial charge in [-0.3, -0.25) is 0 Å². The molecule has 3 aromatic rings. The topological polar surface area (TPSA) is 124 Å². The monoisotopic (exact) mass is 342 g/mol. The molecule has 0 amide bonds. The van der Waals surface area contributed by atoms with E-state index < -0.39 is 10.8 Å². The zero-order valence-corrected chi connectivity index (χ0v) is 13.8. The number of carbonyl (C=O) groups is 1. The highest BCUT2D eigenvalue weighted by molar-refractivity contribution is 5.94. The maximum absolute atomic E-state index is 12.7. The van der Waals surface area contributed by atoms with Crippen LogP contribution in [0.2, 0.25) is 0 Å². The Labute approximate surface area is 143 Å². The Morgan fingerprint density at radius 2 is 2.16 bits per heavy atom. The lowest BCUT2D eigenvalue weighted by Gasteiger charge is -2.33. The van der Waals surface area contributed by atoms with Crippen LogP contribution in [0.3, 0.4) is 0 Å². The molecule has 0 aliphatic carbocycles. The number of aromatic amines is 1. The minimum Gasteiger partial charge on any atom is -0.593 e. The van der Waals surface area contributed by atoms with Crippen molar-refractivity contribution in [1.29, 1.82) is 0 Å². The normalized spacial score (nSPS) is 13.6. The molecule has 2 heterocycles. The molecule has 4 N–H and O–H groups in total. The first-order valence-electron chi connectivity index (χ1n) is 7.54. The van der Waals surface area contributed by atoms with E-state index in [-0.39, 0.29) is 17.9 Å². The number of H-pyrrole nitrogens is 1. The van der Waals surface area contributed by atoms with E-state index in [1.807, 2.05) is 6.92 Å². The first-order valence-corrected chi connectivity index (χ1v) is 7.54. The van der Waals surface area contributed by atoms with E-state index in [0.29, 0.717) is 22.3 Å². The molecule has 0 aliphatic heterocycles. The second-order valence-corrected chi connectivity index (χ2v) is 5.85. The smallest absolute Gasteiger partial charge is 0.354 e. The van der Waals surface area contributed by atoms with Crippen molar-refractivity contribution in [2.24, 2.45) is 0 Å². The van der Waals surface area contributed by atoms with Gasteiger partial charge in [-0.25, -0.2) is 15.0 Å². The number of nitrogens with two attached hydrogens (primary N) is 1. The van der Waals surface area contributed by atoms with Crippen molar-refractivity contribution in [3.8, 4) is 0 Å². The summed E-state index contributed by atoms with van der Waals surface area (Å²) in [6.45, 7) is 1.63. The lowest BCUT2D eigenvalue weighted by molar-refractivity contribution is -0.0397. The molecular formula is C17H18N4O4. The molecule has 0 fully saturated rings. The molecule has 1 unspecified atom stereocenters. The highest BCUT2D eigenvalue weighted by Gasteiger charge is 2.22. The number of methoxy groups -OCH3 is 1. The van der Waals surface area contributed by atoms with E-state index in [9.17, 15) is 15.2 Å². The lowest BCUT2D eigenvalue weighted by atomic mass is 10.1. The van der Waals surface area contributed by atoms with Crippen LogP contribution in [0.5, 0.6) is 0 Å². The number of aromatic nitrogens is 2. The fourth-order valence-electron chi connectivity index (χ4n) is 2.60. The van der Waals surface area contributed by atoms with Crippen molar-refractivity contribution < 1.29 is 14.7 Å². The van der Waals surface area contributed by atoms with Gasteiger partial charge in [0.2, 0.25) is 0 Å². The number of pyridine rings is 1. The number of aryl methyl sites for hydroxylation is 1. The van der Waals surface area contributed by atoms with Gasteiger partial charge in [-0.1, -0.05) is 6.07 Å². The van der Waals surface area contributed by atoms with Crippen LogP contribution >= 0.6 is 0 Å². The summed E-state index contributed by atoms with van der Waals surface area (Å²) < 4.78 is 4.64. The number of ether oxygens (including phenoxy) is 1. The number of esters is 1. The molecule has 0 saturated carbocycles. The van der Waals surface area contributed by atoms with Crippen LogP contribution in [-0.4, -0.2) is 28.3 Å². The zero-order chi connectivity index (χ0) is 18.2. The number of nitrogens with zero attached hydrogens (tertiary/aromatic N) is 2. The number of hydroxylamine groups is 2. The van der Waals surface area contributed by atoms with Crippen molar-refractivity contribution >= 4 is 28.4 Å². The summed E-state index contributed by atoms with van der Waals surface area (Å²) in [6, 6.07) is 8.19. The third-order valence-electron chi connectivity index (χ3n) is 4.02. The van der Waals surface area contributed by atoms with Gasteiger partial charge in [-0.2, -0.15) is 4.81 Å². The Morgan fingerprint density at radius 3 is 2.88 bits per heavy atom. The van der Waals surface area contributed by atoms with Gasteiger partial charge in [0.25, 0.3) is 0 Å². The van der Waals surface area contributed by atoms with Crippen LogP contribution < -0.4 is 10.5 Å². The van der Waals surface area contributed by atoms with Gasteiger partial charge in [-0.05, 0) is 30.7 Å². The minimum absolute atomic E-state index is 0.0461. The first kappa shape index (κ1) is 16.9. The third-order valence-corrected chi connectivity index (χ3v) is 4.02. The summed E-state index contributed by atoms with van der Waals surface area (Å²) in [7, 11) is 1.27. The molecule has 25 heavy (non-hydrogen) atoms. The Hall–Kier alpha value is -2.94. The number of quaternary nitrogens is 1. The zero-order valence-electron chi connectivity index (χ0n) is 13.8. The molecule has 3 rings (SSSR count). The van der Waals surface area contributed by atoms with Crippen molar-refractivity contribution in [2.75, 3.05) is 12.8 Å². The molecule has 0 bridgehead atoms. The Kier molecular flexibility index (Phi) is 4.17. The Bertz CT molecular complexity index is 949. The summed E-state index contributed by atoms with van der Waals surface area (Å²) in [5.74, 6) is -0.540. The predicted octanol–water partition coefficient (Wildman–Crippen LogP) is 2.63. The highest BCUT2D eigenvalue weighted by atomic mass is 16.8. The molecule has 1 aromatic carbocycles. The number of rotatable bonds is 4. The number of anilines is 1. The number of hydrogen-bond donors (Lipinski definition) is 3. The van der Waals surface area contributed by atoms with Crippen molar-refractivity contribution in [3.05, 3.63) is 58.6 Å². The molecule has 130 valence electrons. The number of carbonyl (C=O) groups excluding carboxylic acids is 1. The average molecular weight is 342 g/mol. The summed E-state index contributed by atoms with van der Waals surface area (Å²) in [5.41, 5.74) is 8.45. The molecule has 0 aliphatic rings. The molecule has 0 saturated heterocycles. The summed E-state index contributed by atoms with van der Waals surface area (Å²) in [4.78, 5) is 16.8. The van der Waals surface area contributed by atoms with Gasteiger partial charge >= 0.3 is 5.97 Å². The molecule has 2 aromatic heterocycles. The number of benzene rings is 1. The van der Waals surface area contributed by atoms with Gasteiger partial charge < -0.3 is 20.7 Å². The van der Waals surface area contributed by atoms with Crippen LogP contribution in [0.4, 0.5) is 11.4 Å². The van der Waals surface area contributed by atoms with E-state index >= 15 is 0 Å². The summed E-state index contributed by atoms with van der Waals surface area (Å²) >= 11 is 0. The van der Waals surface area contributed by atoms with E-state index in [0.717, 1.165) is 5.56 Å². The van der Waals surface area contributed by atoms with E-state index in [1.165, 1.54) is 25.4 Å².